The zero-order valence-corrected chi connectivity index (χ0v) is 17.3. The summed E-state index contributed by atoms with van der Waals surface area (Å²) >= 11 is 0. The molecule has 0 saturated carbocycles. The Bertz CT molecular complexity index is 917. The molecule has 2 aromatic heterocycles. The van der Waals surface area contributed by atoms with E-state index in [1.807, 2.05) is 43.3 Å². The molecule has 1 unspecified atom stereocenters. The number of benzene rings is 1. The average molecular weight is 417 g/mol. The fraction of sp³-hybridized carbons (Fsp3) is 0.350. The molecule has 0 aliphatic carbocycles. The Hall–Kier alpha value is -2.68. The molecule has 1 fully saturated rings. The van der Waals surface area contributed by atoms with Crippen LogP contribution in [0.1, 0.15) is 18.8 Å². The molecule has 1 aromatic carbocycles. The number of anilines is 2. The van der Waals surface area contributed by atoms with Crippen LogP contribution in [0, 0.1) is 0 Å². The highest BCUT2D eigenvalue weighted by atomic mass is 35.5. The molecular weight excluding hydrogens is 392 g/mol. The molecule has 1 atom stereocenters. The number of piperazine rings is 1. The Morgan fingerprint density at radius 2 is 2.10 bits per heavy atom. The van der Waals surface area contributed by atoms with Gasteiger partial charge in [-0.2, -0.15) is 4.98 Å². The van der Waals surface area contributed by atoms with E-state index in [1.165, 1.54) is 0 Å². The lowest BCUT2D eigenvalue weighted by atomic mass is 10.2. The van der Waals surface area contributed by atoms with Crippen LogP contribution in [0.3, 0.4) is 0 Å². The monoisotopic (exact) mass is 416 g/mol. The Kier molecular flexibility index (Phi) is 7.03. The van der Waals surface area contributed by atoms with Gasteiger partial charge in [0.1, 0.15) is 11.6 Å². The Morgan fingerprint density at radius 3 is 2.86 bits per heavy atom. The van der Waals surface area contributed by atoms with Gasteiger partial charge >= 0.3 is 0 Å². The average Bonchev–Trinajstić information content (AvgIpc) is 3.20. The highest BCUT2D eigenvalue weighted by Crippen LogP contribution is 2.29. The summed E-state index contributed by atoms with van der Waals surface area (Å²) in [6.07, 6.45) is 1.73. The van der Waals surface area contributed by atoms with Crippen molar-refractivity contribution in [2.24, 2.45) is 0 Å². The summed E-state index contributed by atoms with van der Waals surface area (Å²) in [5, 5.41) is 10.9. The Morgan fingerprint density at radius 1 is 1.28 bits per heavy atom. The van der Waals surface area contributed by atoms with Gasteiger partial charge in [0, 0.05) is 31.5 Å². The number of halogens is 1. The summed E-state index contributed by atoms with van der Waals surface area (Å²) in [7, 11) is 2.07. The molecule has 29 heavy (non-hydrogen) atoms. The molecule has 4 rings (SSSR count). The standard InChI is InChI=1S/C20H24N6O2.ClH/c1-3-27-15-8-6-14(7-9-15)23-18-16(5-4-10-22-18)20-24-19(25-28-20)17-13-21-11-12-26(17)2;/h4-10,17,21H,3,11-13H2,1-2H3,(H,22,23);1H. The zero-order chi connectivity index (χ0) is 19.3. The van der Waals surface area contributed by atoms with E-state index >= 15 is 0 Å². The van der Waals surface area contributed by atoms with Gasteiger partial charge in [0.05, 0.1) is 18.2 Å². The second kappa shape index (κ2) is 9.69. The Balaban J connectivity index is 0.00000240. The first-order chi connectivity index (χ1) is 13.7. The van der Waals surface area contributed by atoms with Gasteiger partial charge in [-0.15, -0.1) is 12.4 Å². The van der Waals surface area contributed by atoms with Gasteiger partial charge in [0.25, 0.3) is 5.89 Å². The highest BCUT2D eigenvalue weighted by molar-refractivity contribution is 5.85. The third kappa shape index (κ3) is 4.84. The van der Waals surface area contributed by atoms with Crippen molar-refractivity contribution in [1.29, 1.82) is 0 Å². The maximum atomic E-state index is 5.57. The Labute approximate surface area is 176 Å². The lowest BCUT2D eigenvalue weighted by molar-refractivity contribution is 0.190. The summed E-state index contributed by atoms with van der Waals surface area (Å²) in [5.74, 6) is 2.63. The van der Waals surface area contributed by atoms with Crippen molar-refractivity contribution in [2.45, 2.75) is 13.0 Å². The molecule has 1 aliphatic rings. The summed E-state index contributed by atoms with van der Waals surface area (Å²) in [4.78, 5) is 11.3. The maximum absolute atomic E-state index is 5.57. The number of pyridine rings is 1. The SMILES string of the molecule is CCOc1ccc(Nc2ncccc2-c2nc(C3CNCCN3C)no2)cc1.Cl. The van der Waals surface area contributed by atoms with Crippen LogP contribution in [-0.4, -0.2) is 53.3 Å². The van der Waals surface area contributed by atoms with Crippen molar-refractivity contribution in [2.75, 3.05) is 38.6 Å². The summed E-state index contributed by atoms with van der Waals surface area (Å²) in [6.45, 7) is 5.33. The molecule has 9 heteroatoms. The van der Waals surface area contributed by atoms with Gasteiger partial charge < -0.3 is 19.9 Å². The van der Waals surface area contributed by atoms with Crippen LogP contribution in [0.15, 0.2) is 47.1 Å². The molecule has 154 valence electrons. The van der Waals surface area contributed by atoms with Gasteiger partial charge in [-0.1, -0.05) is 5.16 Å². The van der Waals surface area contributed by atoms with E-state index in [2.05, 4.69) is 37.7 Å². The van der Waals surface area contributed by atoms with Crippen molar-refractivity contribution in [1.82, 2.24) is 25.3 Å². The van der Waals surface area contributed by atoms with Crippen LogP contribution < -0.4 is 15.4 Å². The molecule has 0 radical (unpaired) electrons. The van der Waals surface area contributed by atoms with Gasteiger partial charge in [-0.05, 0) is 50.4 Å². The molecule has 0 amide bonds. The number of hydrogen-bond acceptors (Lipinski definition) is 8. The number of nitrogens with one attached hydrogen (secondary N) is 2. The molecule has 2 N–H and O–H groups in total. The maximum Gasteiger partial charge on any atom is 0.261 e. The minimum absolute atomic E-state index is 0. The van der Waals surface area contributed by atoms with E-state index in [1.54, 1.807) is 6.20 Å². The first-order valence-corrected chi connectivity index (χ1v) is 9.44. The lowest BCUT2D eigenvalue weighted by Crippen LogP contribution is -2.44. The van der Waals surface area contributed by atoms with E-state index in [0.717, 1.165) is 36.6 Å². The number of rotatable bonds is 6. The van der Waals surface area contributed by atoms with E-state index < -0.39 is 0 Å². The normalized spacial score (nSPS) is 16.8. The smallest absolute Gasteiger partial charge is 0.261 e. The number of hydrogen-bond donors (Lipinski definition) is 2. The topological polar surface area (TPSA) is 88.3 Å². The first-order valence-electron chi connectivity index (χ1n) is 9.44. The molecule has 0 bridgehead atoms. The quantitative estimate of drug-likeness (QED) is 0.633. The number of likely N-dealkylation sites (N-methyl/N-ethyl adjacent to an activating group) is 1. The van der Waals surface area contributed by atoms with Gasteiger partial charge in [-0.3, -0.25) is 4.90 Å². The van der Waals surface area contributed by atoms with Crippen LogP contribution in [0.4, 0.5) is 11.5 Å². The van der Waals surface area contributed by atoms with Crippen LogP contribution >= 0.6 is 12.4 Å². The van der Waals surface area contributed by atoms with E-state index in [-0.39, 0.29) is 18.4 Å². The van der Waals surface area contributed by atoms with Crippen molar-refractivity contribution < 1.29 is 9.26 Å². The summed E-state index contributed by atoms with van der Waals surface area (Å²) in [6, 6.07) is 11.6. The van der Waals surface area contributed by atoms with Gasteiger partial charge in [0.2, 0.25) is 0 Å². The van der Waals surface area contributed by atoms with Gasteiger partial charge in [0.15, 0.2) is 5.82 Å². The van der Waals surface area contributed by atoms with Crippen LogP contribution in [0.25, 0.3) is 11.5 Å². The molecule has 8 nitrogen and oxygen atoms in total. The summed E-state index contributed by atoms with van der Waals surface area (Å²) < 4.78 is 11.1. The van der Waals surface area contributed by atoms with E-state index in [9.17, 15) is 0 Å². The number of aromatic nitrogens is 3. The van der Waals surface area contributed by atoms with Crippen molar-refractivity contribution in [3.63, 3.8) is 0 Å². The second-order valence-electron chi connectivity index (χ2n) is 6.64. The van der Waals surface area contributed by atoms with Crippen molar-refractivity contribution >= 4 is 23.9 Å². The molecule has 0 spiro atoms. The predicted molar refractivity (Wildman–Crippen MR) is 114 cm³/mol. The predicted octanol–water partition coefficient (Wildman–Crippen LogP) is 3.27. The molecule has 1 saturated heterocycles. The lowest BCUT2D eigenvalue weighted by Gasteiger charge is -2.30. The fourth-order valence-corrected chi connectivity index (χ4v) is 3.19. The largest absolute Gasteiger partial charge is 0.494 e. The van der Waals surface area contributed by atoms with Crippen LogP contribution in [0.5, 0.6) is 5.75 Å². The second-order valence-corrected chi connectivity index (χ2v) is 6.64. The third-order valence-electron chi connectivity index (χ3n) is 4.72. The summed E-state index contributed by atoms with van der Waals surface area (Å²) in [5.41, 5.74) is 1.67. The van der Waals surface area contributed by atoms with E-state index in [0.29, 0.717) is 24.1 Å². The molecule has 1 aliphatic heterocycles. The fourth-order valence-electron chi connectivity index (χ4n) is 3.19. The number of nitrogens with zero attached hydrogens (tertiary/aromatic N) is 4. The van der Waals surface area contributed by atoms with Crippen molar-refractivity contribution in [3.8, 4) is 17.2 Å². The van der Waals surface area contributed by atoms with E-state index in [4.69, 9.17) is 9.26 Å². The third-order valence-corrected chi connectivity index (χ3v) is 4.72. The minimum atomic E-state index is 0. The van der Waals surface area contributed by atoms with Crippen molar-refractivity contribution in [3.05, 3.63) is 48.4 Å². The van der Waals surface area contributed by atoms with Gasteiger partial charge in [-0.25, -0.2) is 4.98 Å². The number of ether oxygens (including phenoxy) is 1. The molecule has 3 aromatic rings. The zero-order valence-electron chi connectivity index (χ0n) is 16.5. The first kappa shape index (κ1) is 21.0. The highest BCUT2D eigenvalue weighted by Gasteiger charge is 2.26. The van der Waals surface area contributed by atoms with Crippen LogP contribution in [-0.2, 0) is 0 Å². The molecule has 3 heterocycles. The minimum Gasteiger partial charge on any atom is -0.494 e. The van der Waals surface area contributed by atoms with Crippen LogP contribution in [0.2, 0.25) is 0 Å². The molecular formula is C20H25ClN6O2.